The van der Waals surface area contributed by atoms with Crippen molar-refractivity contribution in [1.82, 2.24) is 5.01 Å². The van der Waals surface area contributed by atoms with Crippen molar-refractivity contribution < 1.29 is 0 Å². The Morgan fingerprint density at radius 3 is 2.38 bits per heavy atom. The van der Waals surface area contributed by atoms with Gasteiger partial charge in [-0.25, -0.2) is 5.84 Å². The lowest BCUT2D eigenvalue weighted by atomic mass is 9.80. The predicted molar refractivity (Wildman–Crippen MR) is 102 cm³/mol. The van der Waals surface area contributed by atoms with Gasteiger partial charge in [0.2, 0.25) is 0 Å². The molecule has 0 amide bonds. The molecule has 2 aromatic carbocycles. The smallest absolute Gasteiger partial charge is 0.0567 e. The molecule has 0 radical (unpaired) electrons. The van der Waals surface area contributed by atoms with E-state index < -0.39 is 0 Å². The molecule has 0 saturated carbocycles. The quantitative estimate of drug-likeness (QED) is 0.658. The lowest BCUT2D eigenvalue weighted by Gasteiger charge is -2.24. The van der Waals surface area contributed by atoms with Gasteiger partial charge in [-0.3, -0.25) is 0 Å². The van der Waals surface area contributed by atoms with Crippen LogP contribution in [0.2, 0.25) is 0 Å². The minimum atomic E-state index is -0.0227. The standard InChI is InChI=1S/C21H27N3/c1-13(2)15-10-16-14-8-6-7-9-18(14)21(3,4)19(16)11-17(15)20(22)12-24(5)23/h6-13H,22-23H2,1-5H3/b20-12-. The van der Waals surface area contributed by atoms with Crippen LogP contribution in [0.15, 0.2) is 42.6 Å². The minimum absolute atomic E-state index is 0.0227. The second kappa shape index (κ2) is 5.67. The average molecular weight is 321 g/mol. The van der Waals surface area contributed by atoms with E-state index in [0.717, 1.165) is 5.56 Å². The molecule has 3 heteroatoms. The van der Waals surface area contributed by atoms with Gasteiger partial charge in [0.05, 0.1) is 5.70 Å². The molecule has 1 aliphatic rings. The van der Waals surface area contributed by atoms with E-state index in [1.54, 1.807) is 13.2 Å². The Morgan fingerprint density at radius 1 is 1.08 bits per heavy atom. The van der Waals surface area contributed by atoms with Crippen molar-refractivity contribution in [2.24, 2.45) is 11.6 Å². The molecule has 0 unspecified atom stereocenters. The Hall–Kier alpha value is -2.26. The van der Waals surface area contributed by atoms with E-state index in [2.05, 4.69) is 64.1 Å². The number of fused-ring (bicyclic) bond motifs is 3. The van der Waals surface area contributed by atoms with Gasteiger partial charge in [0.15, 0.2) is 0 Å². The lowest BCUT2D eigenvalue weighted by molar-refractivity contribution is 0.486. The molecule has 2 aromatic rings. The number of hydrogen-bond acceptors (Lipinski definition) is 3. The first-order valence-corrected chi connectivity index (χ1v) is 8.47. The van der Waals surface area contributed by atoms with E-state index in [0.29, 0.717) is 11.6 Å². The van der Waals surface area contributed by atoms with Gasteiger partial charge < -0.3 is 10.7 Å². The molecule has 0 atom stereocenters. The van der Waals surface area contributed by atoms with Crippen molar-refractivity contribution >= 4 is 5.70 Å². The molecule has 0 aromatic heterocycles. The van der Waals surface area contributed by atoms with Crippen molar-refractivity contribution in [3.63, 3.8) is 0 Å². The highest BCUT2D eigenvalue weighted by Crippen LogP contribution is 2.50. The van der Waals surface area contributed by atoms with Crippen molar-refractivity contribution in [3.8, 4) is 11.1 Å². The van der Waals surface area contributed by atoms with Crippen LogP contribution in [0.4, 0.5) is 0 Å². The average Bonchev–Trinajstić information content (AvgIpc) is 2.74. The van der Waals surface area contributed by atoms with Gasteiger partial charge in [0, 0.05) is 24.2 Å². The van der Waals surface area contributed by atoms with Crippen LogP contribution in [-0.2, 0) is 5.41 Å². The Labute approximate surface area is 144 Å². The van der Waals surface area contributed by atoms with Crippen LogP contribution >= 0.6 is 0 Å². The fraction of sp³-hybridized carbons (Fsp3) is 0.333. The monoisotopic (exact) mass is 321 g/mol. The van der Waals surface area contributed by atoms with Gasteiger partial charge in [0.1, 0.15) is 0 Å². The van der Waals surface area contributed by atoms with Crippen molar-refractivity contribution in [2.75, 3.05) is 7.05 Å². The molecular formula is C21H27N3. The zero-order chi connectivity index (χ0) is 17.6. The summed E-state index contributed by atoms with van der Waals surface area (Å²) in [7, 11) is 1.79. The number of nitrogens with zero attached hydrogens (tertiary/aromatic N) is 1. The maximum absolute atomic E-state index is 6.36. The fourth-order valence-electron chi connectivity index (χ4n) is 3.78. The van der Waals surface area contributed by atoms with E-state index in [-0.39, 0.29) is 5.41 Å². The molecule has 24 heavy (non-hydrogen) atoms. The molecule has 126 valence electrons. The lowest BCUT2D eigenvalue weighted by Crippen LogP contribution is -2.21. The molecule has 1 aliphatic carbocycles. The van der Waals surface area contributed by atoms with E-state index >= 15 is 0 Å². The zero-order valence-electron chi connectivity index (χ0n) is 15.2. The third-order valence-electron chi connectivity index (χ3n) is 5.03. The molecule has 3 nitrogen and oxygen atoms in total. The molecule has 0 saturated heterocycles. The molecule has 0 aliphatic heterocycles. The fourth-order valence-corrected chi connectivity index (χ4v) is 3.78. The zero-order valence-corrected chi connectivity index (χ0v) is 15.2. The molecule has 0 heterocycles. The highest BCUT2D eigenvalue weighted by Gasteiger charge is 2.36. The normalized spacial score (nSPS) is 15.4. The summed E-state index contributed by atoms with van der Waals surface area (Å²) in [6, 6.07) is 13.3. The first-order valence-electron chi connectivity index (χ1n) is 8.47. The summed E-state index contributed by atoms with van der Waals surface area (Å²) in [5, 5.41) is 1.51. The van der Waals surface area contributed by atoms with E-state index in [1.165, 1.54) is 32.8 Å². The number of nitrogens with two attached hydrogens (primary N) is 2. The van der Waals surface area contributed by atoms with Crippen LogP contribution in [0.1, 0.15) is 55.9 Å². The Balaban J connectivity index is 2.29. The molecule has 0 spiro atoms. The van der Waals surface area contributed by atoms with Crippen LogP contribution in [0.25, 0.3) is 16.8 Å². The van der Waals surface area contributed by atoms with E-state index in [9.17, 15) is 0 Å². The van der Waals surface area contributed by atoms with Crippen molar-refractivity contribution in [3.05, 3.63) is 64.9 Å². The SMILES string of the molecule is CC(C)c1cc2c(cc1/C(N)=C/N(C)N)C(C)(C)c1ccccc1-2. The summed E-state index contributed by atoms with van der Waals surface area (Å²) in [5.41, 5.74) is 14.8. The van der Waals surface area contributed by atoms with Crippen molar-refractivity contribution in [2.45, 2.75) is 39.0 Å². The van der Waals surface area contributed by atoms with Gasteiger partial charge in [-0.05, 0) is 45.9 Å². The molecule has 4 N–H and O–H groups in total. The van der Waals surface area contributed by atoms with Gasteiger partial charge in [-0.2, -0.15) is 0 Å². The van der Waals surface area contributed by atoms with E-state index in [1.807, 2.05) is 0 Å². The van der Waals surface area contributed by atoms with E-state index in [4.69, 9.17) is 11.6 Å². The summed E-state index contributed by atoms with van der Waals surface area (Å²) in [5.74, 6) is 6.15. The topological polar surface area (TPSA) is 55.3 Å². The molecule has 0 fully saturated rings. The molecular weight excluding hydrogens is 294 g/mol. The third kappa shape index (κ3) is 2.49. The number of benzene rings is 2. The van der Waals surface area contributed by atoms with Crippen LogP contribution in [0, 0.1) is 0 Å². The van der Waals surface area contributed by atoms with Crippen LogP contribution < -0.4 is 11.6 Å². The number of hydrogen-bond donors (Lipinski definition) is 2. The van der Waals surface area contributed by atoms with Crippen LogP contribution in [-0.4, -0.2) is 12.1 Å². The maximum Gasteiger partial charge on any atom is 0.0567 e. The Kier molecular flexibility index (Phi) is 3.92. The third-order valence-corrected chi connectivity index (χ3v) is 5.03. The second-order valence-electron chi connectivity index (χ2n) is 7.56. The summed E-state index contributed by atoms with van der Waals surface area (Å²) in [4.78, 5) is 0. The number of hydrazine groups is 1. The second-order valence-corrected chi connectivity index (χ2v) is 7.56. The highest BCUT2D eigenvalue weighted by molar-refractivity contribution is 5.84. The largest absolute Gasteiger partial charge is 0.397 e. The molecule has 3 rings (SSSR count). The van der Waals surface area contributed by atoms with Crippen LogP contribution in [0.3, 0.4) is 0 Å². The summed E-state index contributed by atoms with van der Waals surface area (Å²) < 4.78 is 0. The first kappa shape index (κ1) is 16.6. The minimum Gasteiger partial charge on any atom is -0.397 e. The summed E-state index contributed by atoms with van der Waals surface area (Å²) >= 11 is 0. The van der Waals surface area contributed by atoms with Gasteiger partial charge in [0.25, 0.3) is 0 Å². The van der Waals surface area contributed by atoms with Gasteiger partial charge in [-0.1, -0.05) is 52.0 Å². The van der Waals surface area contributed by atoms with Crippen molar-refractivity contribution in [1.29, 1.82) is 0 Å². The molecule has 0 bridgehead atoms. The maximum atomic E-state index is 6.36. The predicted octanol–water partition coefficient (Wildman–Crippen LogP) is 4.18. The summed E-state index contributed by atoms with van der Waals surface area (Å²) in [6.45, 7) is 8.98. The highest BCUT2D eigenvalue weighted by atomic mass is 15.4. The Bertz CT molecular complexity index is 814. The Morgan fingerprint density at radius 2 is 1.75 bits per heavy atom. The summed E-state index contributed by atoms with van der Waals surface area (Å²) in [6.07, 6.45) is 1.78. The first-order chi connectivity index (χ1) is 11.2. The van der Waals surface area contributed by atoms with Gasteiger partial charge >= 0.3 is 0 Å². The number of rotatable bonds is 3. The van der Waals surface area contributed by atoms with Crippen LogP contribution in [0.5, 0.6) is 0 Å². The van der Waals surface area contributed by atoms with Gasteiger partial charge in [-0.15, -0.1) is 0 Å².